The van der Waals surface area contributed by atoms with E-state index in [4.69, 9.17) is 5.73 Å². The summed E-state index contributed by atoms with van der Waals surface area (Å²) in [5.74, 6) is -0.527. The molecule has 0 spiro atoms. The van der Waals surface area contributed by atoms with Gasteiger partial charge >= 0.3 is 0 Å². The second kappa shape index (κ2) is 10.2. The Morgan fingerprint density at radius 3 is 2.73 bits per heavy atom. The minimum absolute atomic E-state index is 0.0871. The number of hydrogen-bond donors (Lipinski definition) is 1. The quantitative estimate of drug-likeness (QED) is 0.296. The Balaban J connectivity index is 1.78. The minimum Gasteiger partial charge on any atom is -0.370 e. The maximum atomic E-state index is 12.9. The molecule has 2 N–H and O–H groups in total. The lowest BCUT2D eigenvalue weighted by molar-refractivity contribution is -0.129. The Kier molecular flexibility index (Phi) is 7.42. The van der Waals surface area contributed by atoms with Crippen molar-refractivity contribution in [2.75, 3.05) is 12.3 Å². The first-order valence-electron chi connectivity index (χ1n) is 9.31. The molecule has 0 bridgehead atoms. The lowest BCUT2D eigenvalue weighted by Gasteiger charge is -2.22. The van der Waals surface area contributed by atoms with Crippen LogP contribution < -0.4 is 11.3 Å². The molecule has 3 aromatic rings. The van der Waals surface area contributed by atoms with Gasteiger partial charge < -0.3 is 10.6 Å². The van der Waals surface area contributed by atoms with E-state index >= 15 is 0 Å². The first-order valence-corrected chi connectivity index (χ1v) is 11.2. The summed E-state index contributed by atoms with van der Waals surface area (Å²) in [6.45, 7) is 4.63. The fourth-order valence-corrected chi connectivity index (χ4v) is 4.61. The van der Waals surface area contributed by atoms with Crippen LogP contribution in [-0.4, -0.2) is 38.6 Å². The summed E-state index contributed by atoms with van der Waals surface area (Å²) in [4.78, 5) is 43.7. The predicted molar refractivity (Wildman–Crippen MR) is 120 cm³/mol. The van der Waals surface area contributed by atoms with Gasteiger partial charge in [-0.2, -0.15) is 0 Å². The molecule has 2 aromatic heterocycles. The Bertz CT molecular complexity index is 1110. The average molecular weight is 443 g/mol. The fraction of sp³-hybridized carbons (Fsp3) is 0.238. The number of carbonyl (C=O) groups excluding carboxylic acids is 2. The lowest BCUT2D eigenvalue weighted by atomic mass is 10.2. The fourth-order valence-electron chi connectivity index (χ4n) is 2.89. The van der Waals surface area contributed by atoms with Crippen LogP contribution in [0.15, 0.2) is 64.4 Å². The van der Waals surface area contributed by atoms with Crippen molar-refractivity contribution < 1.29 is 9.59 Å². The van der Waals surface area contributed by atoms with Crippen LogP contribution in [0.3, 0.4) is 0 Å². The molecule has 0 unspecified atom stereocenters. The van der Waals surface area contributed by atoms with E-state index in [1.807, 2.05) is 35.7 Å². The van der Waals surface area contributed by atoms with Gasteiger partial charge in [-0.3, -0.25) is 19.0 Å². The molecule has 3 rings (SSSR count). The van der Waals surface area contributed by atoms with Crippen LogP contribution in [0.5, 0.6) is 0 Å². The predicted octanol–water partition coefficient (Wildman–Crippen LogP) is 2.64. The third kappa shape index (κ3) is 5.37. The number of amides is 2. The van der Waals surface area contributed by atoms with Gasteiger partial charge in [0.05, 0.1) is 11.1 Å². The third-order valence-corrected chi connectivity index (χ3v) is 6.15. The number of rotatable bonds is 10. The molecule has 0 radical (unpaired) electrons. The van der Waals surface area contributed by atoms with Gasteiger partial charge in [0.1, 0.15) is 4.83 Å². The van der Waals surface area contributed by atoms with Crippen molar-refractivity contribution in [2.24, 2.45) is 5.73 Å². The van der Waals surface area contributed by atoms with E-state index in [-0.39, 0.29) is 30.2 Å². The number of nitrogens with two attached hydrogens (primary N) is 1. The second-order valence-corrected chi connectivity index (χ2v) is 8.38. The second-order valence-electron chi connectivity index (χ2n) is 6.54. The van der Waals surface area contributed by atoms with Crippen LogP contribution in [0.4, 0.5) is 0 Å². The Labute approximate surface area is 182 Å². The van der Waals surface area contributed by atoms with Crippen LogP contribution in [0.25, 0.3) is 10.2 Å². The van der Waals surface area contributed by atoms with Gasteiger partial charge in [-0.1, -0.05) is 48.2 Å². The van der Waals surface area contributed by atoms with Crippen LogP contribution >= 0.6 is 23.1 Å². The molecule has 2 heterocycles. The number of primary amides is 1. The van der Waals surface area contributed by atoms with E-state index in [9.17, 15) is 14.4 Å². The minimum atomic E-state index is -0.460. The number of thioether (sulfide) groups is 1. The highest BCUT2D eigenvalue weighted by Gasteiger charge is 2.18. The monoisotopic (exact) mass is 442 g/mol. The molecule has 9 heteroatoms. The van der Waals surface area contributed by atoms with E-state index in [1.165, 1.54) is 27.7 Å². The maximum absolute atomic E-state index is 12.9. The van der Waals surface area contributed by atoms with E-state index in [2.05, 4.69) is 11.6 Å². The van der Waals surface area contributed by atoms with Gasteiger partial charge in [0.25, 0.3) is 5.56 Å². The molecule has 2 amide bonds. The van der Waals surface area contributed by atoms with Gasteiger partial charge in [-0.05, 0) is 17.0 Å². The van der Waals surface area contributed by atoms with Crippen molar-refractivity contribution in [1.29, 1.82) is 0 Å². The van der Waals surface area contributed by atoms with Crippen LogP contribution in [0.2, 0.25) is 0 Å². The van der Waals surface area contributed by atoms with Crippen molar-refractivity contribution in [3.63, 3.8) is 0 Å². The number of nitrogens with zero attached hydrogens (tertiary/aromatic N) is 3. The zero-order valence-corrected chi connectivity index (χ0v) is 18.0. The summed E-state index contributed by atoms with van der Waals surface area (Å²) in [5, 5.41) is 2.85. The molecule has 30 heavy (non-hydrogen) atoms. The number of hydrogen-bond acceptors (Lipinski definition) is 6. The normalized spacial score (nSPS) is 10.8. The van der Waals surface area contributed by atoms with Gasteiger partial charge in [-0.25, -0.2) is 4.98 Å². The molecule has 0 aliphatic heterocycles. The van der Waals surface area contributed by atoms with E-state index in [0.29, 0.717) is 28.5 Å². The highest BCUT2D eigenvalue weighted by Crippen LogP contribution is 2.22. The zero-order valence-electron chi connectivity index (χ0n) is 16.3. The van der Waals surface area contributed by atoms with Crippen molar-refractivity contribution >= 4 is 45.1 Å². The maximum Gasteiger partial charge on any atom is 0.263 e. The zero-order chi connectivity index (χ0) is 21.5. The van der Waals surface area contributed by atoms with Crippen molar-refractivity contribution in [3.05, 3.63) is 70.4 Å². The number of carbonyl (C=O) groups is 2. The van der Waals surface area contributed by atoms with Crippen molar-refractivity contribution in [2.45, 2.75) is 24.7 Å². The molecule has 1 aromatic carbocycles. The van der Waals surface area contributed by atoms with Crippen molar-refractivity contribution in [3.8, 4) is 0 Å². The lowest BCUT2D eigenvalue weighted by Crippen LogP contribution is -2.35. The first-order chi connectivity index (χ1) is 14.5. The van der Waals surface area contributed by atoms with E-state index in [0.717, 1.165) is 5.56 Å². The summed E-state index contributed by atoms with van der Waals surface area (Å²) in [5.41, 5.74) is 6.09. The molecule has 0 aliphatic carbocycles. The molecule has 0 aliphatic rings. The Morgan fingerprint density at radius 1 is 1.27 bits per heavy atom. The number of fused-ring (bicyclic) bond motifs is 1. The number of allylic oxidation sites excluding steroid dienone is 1. The Hall–Kier alpha value is -2.91. The van der Waals surface area contributed by atoms with Gasteiger partial charge in [0.15, 0.2) is 5.16 Å². The summed E-state index contributed by atoms with van der Waals surface area (Å²) in [7, 11) is 0. The van der Waals surface area contributed by atoms with E-state index in [1.54, 1.807) is 17.0 Å². The summed E-state index contributed by atoms with van der Waals surface area (Å²) >= 11 is 2.59. The first kappa shape index (κ1) is 21.8. The van der Waals surface area contributed by atoms with Crippen LogP contribution in [-0.2, 0) is 22.7 Å². The molecule has 156 valence electrons. The number of thiophene rings is 1. The molecule has 0 atom stereocenters. The van der Waals surface area contributed by atoms with E-state index < -0.39 is 5.91 Å². The summed E-state index contributed by atoms with van der Waals surface area (Å²) in [6.07, 6.45) is 1.71. The molecule has 0 saturated heterocycles. The number of benzene rings is 1. The smallest absolute Gasteiger partial charge is 0.263 e. The molecule has 0 saturated carbocycles. The highest BCUT2D eigenvalue weighted by molar-refractivity contribution is 7.99. The van der Waals surface area contributed by atoms with Crippen LogP contribution in [0.1, 0.15) is 12.0 Å². The summed E-state index contributed by atoms with van der Waals surface area (Å²) < 4.78 is 1.52. The highest BCUT2D eigenvalue weighted by atomic mass is 32.2. The molecule has 0 fully saturated rings. The SMILES string of the molecule is C=CCn1c(SCC(=O)N(CCC(N)=O)Cc2ccccc2)nc2sccc2c1=O. The van der Waals surface area contributed by atoms with Gasteiger partial charge in [-0.15, -0.1) is 17.9 Å². The van der Waals surface area contributed by atoms with Crippen LogP contribution in [0, 0.1) is 0 Å². The topological polar surface area (TPSA) is 98.3 Å². The van der Waals surface area contributed by atoms with Gasteiger partial charge in [0.2, 0.25) is 11.8 Å². The third-order valence-electron chi connectivity index (χ3n) is 4.38. The van der Waals surface area contributed by atoms with Crippen molar-refractivity contribution in [1.82, 2.24) is 14.5 Å². The number of aromatic nitrogens is 2. The Morgan fingerprint density at radius 2 is 2.03 bits per heavy atom. The molecule has 7 nitrogen and oxygen atoms in total. The summed E-state index contributed by atoms with van der Waals surface area (Å²) in [6, 6.07) is 11.3. The largest absolute Gasteiger partial charge is 0.370 e. The standard InChI is InChI=1S/C21H22N4O3S2/c1-2-10-25-20(28)16-9-12-29-19(16)23-21(25)30-14-18(27)24(11-8-17(22)26)13-15-6-4-3-5-7-15/h2-7,9,12H,1,8,10-11,13-14H2,(H2,22,26). The molecular weight excluding hydrogens is 420 g/mol. The molecular formula is C21H22N4O3S2. The average Bonchev–Trinajstić information content (AvgIpc) is 3.21. The van der Waals surface area contributed by atoms with Gasteiger partial charge in [0, 0.05) is 26.1 Å².